The fourth-order valence-corrected chi connectivity index (χ4v) is 2.77. The number of aliphatic hydroxyl groups excluding tert-OH is 1. The van der Waals surface area contributed by atoms with Gasteiger partial charge in [-0.1, -0.05) is 0 Å². The Bertz CT molecular complexity index is 730. The number of rotatable bonds is 4. The smallest absolute Gasteiger partial charge is 0.390 e. The average molecular weight is 330 g/mol. The van der Waals surface area contributed by atoms with E-state index < -0.39 is 32.9 Å². The predicted octanol–water partition coefficient (Wildman–Crippen LogP) is -0.229. The zero-order valence-corrected chi connectivity index (χ0v) is 12.2. The summed E-state index contributed by atoms with van der Waals surface area (Å²) in [5, 5.41) is 10.6. The van der Waals surface area contributed by atoms with E-state index in [4.69, 9.17) is 20.3 Å². The lowest BCUT2D eigenvalue weighted by molar-refractivity contribution is -0.0422. The first-order chi connectivity index (χ1) is 10.3. The molecule has 0 aromatic carbocycles. The third-order valence-electron chi connectivity index (χ3n) is 3.46. The predicted molar refractivity (Wildman–Crippen MR) is 74.5 cm³/mol. The molecule has 5 N–H and O–H groups in total. The number of nitrogens with two attached hydrogens (primary N) is 1. The van der Waals surface area contributed by atoms with Gasteiger partial charge in [0.15, 0.2) is 0 Å². The molecular formula is C11H15N4O6P. The van der Waals surface area contributed by atoms with Crippen LogP contribution in [0.15, 0.2) is 18.6 Å². The Kier molecular flexibility index (Phi) is 3.89. The van der Waals surface area contributed by atoms with Crippen LogP contribution >= 0.6 is 7.82 Å². The standard InChI is InChI=1S/C11H15N4O6P/c12-10-6-1-2-15(11(6)14-5-13-10)9-3-7(16)8(21-9)4-20-22(17,18)19/h1-2,5,7-9,16H,3-4H2,(H2,12,13,14)(H2,17,18,19)/t7-,8-,9-/m1/s1. The van der Waals surface area contributed by atoms with Gasteiger partial charge in [-0.2, -0.15) is 0 Å². The molecule has 3 atom stereocenters. The molecule has 2 aromatic rings. The van der Waals surface area contributed by atoms with Crippen LogP contribution in [0.1, 0.15) is 12.6 Å². The second-order valence-corrected chi connectivity index (χ2v) is 6.18. The Morgan fingerprint density at radius 3 is 3.00 bits per heavy atom. The lowest BCUT2D eigenvalue weighted by Crippen LogP contribution is -2.25. The third kappa shape index (κ3) is 2.98. The van der Waals surface area contributed by atoms with Crippen molar-refractivity contribution in [3.05, 3.63) is 18.6 Å². The first-order valence-corrected chi connectivity index (χ1v) is 7.99. The molecule has 2 aromatic heterocycles. The molecule has 1 aliphatic rings. The minimum Gasteiger partial charge on any atom is -0.390 e. The van der Waals surface area contributed by atoms with Crippen molar-refractivity contribution in [3.63, 3.8) is 0 Å². The Morgan fingerprint density at radius 2 is 2.27 bits per heavy atom. The molecule has 1 aliphatic heterocycles. The summed E-state index contributed by atoms with van der Waals surface area (Å²) >= 11 is 0. The van der Waals surface area contributed by atoms with E-state index in [9.17, 15) is 9.67 Å². The highest BCUT2D eigenvalue weighted by Crippen LogP contribution is 2.38. The van der Waals surface area contributed by atoms with Gasteiger partial charge in [-0.25, -0.2) is 14.5 Å². The lowest BCUT2D eigenvalue weighted by Gasteiger charge is -2.16. The van der Waals surface area contributed by atoms with Gasteiger partial charge >= 0.3 is 7.82 Å². The summed E-state index contributed by atoms with van der Waals surface area (Å²) in [5.74, 6) is 0.337. The van der Waals surface area contributed by atoms with Gasteiger partial charge in [0.05, 0.1) is 18.1 Å². The van der Waals surface area contributed by atoms with E-state index in [2.05, 4.69) is 14.5 Å². The summed E-state index contributed by atoms with van der Waals surface area (Å²) < 4.78 is 22.4. The van der Waals surface area contributed by atoms with Crippen molar-refractivity contribution < 1.29 is 28.7 Å². The highest BCUT2D eigenvalue weighted by Gasteiger charge is 2.37. The van der Waals surface area contributed by atoms with Crippen molar-refractivity contribution in [2.45, 2.75) is 24.9 Å². The molecule has 0 radical (unpaired) electrons. The van der Waals surface area contributed by atoms with E-state index in [0.29, 0.717) is 16.9 Å². The molecule has 11 heteroatoms. The summed E-state index contributed by atoms with van der Waals surface area (Å²) in [6.07, 6.45) is 0.991. The van der Waals surface area contributed by atoms with Crippen LogP contribution in [-0.2, 0) is 13.8 Å². The van der Waals surface area contributed by atoms with Crippen LogP contribution in [0.2, 0.25) is 0 Å². The van der Waals surface area contributed by atoms with Gasteiger partial charge in [0, 0.05) is 12.6 Å². The quantitative estimate of drug-likeness (QED) is 0.557. The van der Waals surface area contributed by atoms with Gasteiger partial charge < -0.3 is 29.9 Å². The van der Waals surface area contributed by atoms with Crippen LogP contribution in [0.3, 0.4) is 0 Å². The third-order valence-corrected chi connectivity index (χ3v) is 3.95. The molecule has 0 amide bonds. The van der Waals surface area contributed by atoms with Gasteiger partial charge in [-0.3, -0.25) is 4.52 Å². The number of aliphatic hydroxyl groups is 1. The van der Waals surface area contributed by atoms with Crippen molar-refractivity contribution in [3.8, 4) is 0 Å². The molecule has 10 nitrogen and oxygen atoms in total. The molecule has 22 heavy (non-hydrogen) atoms. The number of phosphoric ester groups is 1. The fraction of sp³-hybridized carbons (Fsp3) is 0.455. The molecule has 0 spiro atoms. The number of phosphoric acid groups is 1. The largest absolute Gasteiger partial charge is 0.469 e. The number of ether oxygens (including phenoxy) is 1. The van der Waals surface area contributed by atoms with E-state index >= 15 is 0 Å². The van der Waals surface area contributed by atoms with E-state index in [1.54, 1.807) is 16.8 Å². The summed E-state index contributed by atoms with van der Waals surface area (Å²) in [5.41, 5.74) is 6.31. The van der Waals surface area contributed by atoms with Crippen molar-refractivity contribution in [2.24, 2.45) is 0 Å². The normalized spacial score (nSPS) is 25.9. The SMILES string of the molecule is Nc1ncnc2c1ccn2[C@H]1C[C@@H](O)[C@@H](COP(=O)(O)O)O1. The van der Waals surface area contributed by atoms with Gasteiger partial charge in [0.25, 0.3) is 0 Å². The summed E-state index contributed by atoms with van der Waals surface area (Å²) in [4.78, 5) is 25.4. The monoisotopic (exact) mass is 330 g/mol. The number of fused-ring (bicyclic) bond motifs is 1. The number of nitrogen functional groups attached to an aromatic ring is 1. The second kappa shape index (κ2) is 5.58. The van der Waals surface area contributed by atoms with Crippen molar-refractivity contribution >= 4 is 24.7 Å². The van der Waals surface area contributed by atoms with Crippen LogP contribution in [0.4, 0.5) is 5.82 Å². The van der Waals surface area contributed by atoms with Crippen LogP contribution in [0, 0.1) is 0 Å². The highest BCUT2D eigenvalue weighted by atomic mass is 31.2. The van der Waals surface area contributed by atoms with E-state index in [-0.39, 0.29) is 6.42 Å². The molecule has 0 bridgehead atoms. The Morgan fingerprint density at radius 1 is 1.50 bits per heavy atom. The van der Waals surface area contributed by atoms with Gasteiger partial charge in [0.2, 0.25) is 0 Å². The minimum atomic E-state index is -4.61. The average Bonchev–Trinajstić information content (AvgIpc) is 3.00. The molecule has 3 rings (SSSR count). The Balaban J connectivity index is 1.78. The molecule has 1 saturated heterocycles. The van der Waals surface area contributed by atoms with Crippen LogP contribution in [-0.4, -0.2) is 48.2 Å². The molecule has 0 saturated carbocycles. The first kappa shape index (κ1) is 15.3. The van der Waals surface area contributed by atoms with E-state index in [1.165, 1.54) is 6.33 Å². The number of anilines is 1. The van der Waals surface area contributed by atoms with Crippen LogP contribution in [0.25, 0.3) is 11.0 Å². The molecule has 0 unspecified atom stereocenters. The number of nitrogens with zero attached hydrogens (tertiary/aromatic N) is 3. The van der Waals surface area contributed by atoms with Crippen molar-refractivity contribution in [1.29, 1.82) is 0 Å². The topological polar surface area (TPSA) is 153 Å². The maximum atomic E-state index is 10.7. The van der Waals surface area contributed by atoms with Crippen LogP contribution in [0.5, 0.6) is 0 Å². The van der Waals surface area contributed by atoms with Crippen molar-refractivity contribution in [2.75, 3.05) is 12.3 Å². The maximum absolute atomic E-state index is 10.7. The van der Waals surface area contributed by atoms with E-state index in [0.717, 1.165) is 0 Å². The minimum absolute atomic E-state index is 0.239. The Labute approximate surface area is 124 Å². The molecule has 0 aliphatic carbocycles. The maximum Gasteiger partial charge on any atom is 0.469 e. The molecule has 3 heterocycles. The van der Waals surface area contributed by atoms with Gasteiger partial charge in [-0.15, -0.1) is 0 Å². The lowest BCUT2D eigenvalue weighted by atomic mass is 10.2. The number of aromatic nitrogens is 3. The van der Waals surface area contributed by atoms with Gasteiger partial charge in [-0.05, 0) is 6.07 Å². The summed E-state index contributed by atoms with van der Waals surface area (Å²) in [7, 11) is -4.61. The number of hydrogen-bond acceptors (Lipinski definition) is 7. The highest BCUT2D eigenvalue weighted by molar-refractivity contribution is 7.46. The zero-order chi connectivity index (χ0) is 15.9. The molecule has 120 valence electrons. The zero-order valence-electron chi connectivity index (χ0n) is 11.3. The van der Waals surface area contributed by atoms with Gasteiger partial charge in [0.1, 0.15) is 30.1 Å². The van der Waals surface area contributed by atoms with Crippen molar-refractivity contribution in [1.82, 2.24) is 14.5 Å². The van der Waals surface area contributed by atoms with Crippen LogP contribution < -0.4 is 5.73 Å². The summed E-state index contributed by atoms with van der Waals surface area (Å²) in [6, 6.07) is 1.74. The van der Waals surface area contributed by atoms with E-state index in [1.807, 2.05) is 0 Å². The first-order valence-electron chi connectivity index (χ1n) is 6.46. The fourth-order valence-electron chi connectivity index (χ4n) is 2.43. The molecule has 1 fully saturated rings. The molecular weight excluding hydrogens is 315 g/mol. The second-order valence-electron chi connectivity index (χ2n) is 4.94. The Hall–Kier alpha value is -1.55. The number of hydrogen-bond donors (Lipinski definition) is 4. The summed E-state index contributed by atoms with van der Waals surface area (Å²) in [6.45, 7) is -0.404.